The molecule has 0 N–H and O–H groups in total. The molecule has 0 fully saturated rings. The first-order valence-corrected chi connectivity index (χ1v) is 9.93. The maximum Gasteiger partial charge on any atom is 0.129 e. The van der Waals surface area contributed by atoms with Gasteiger partial charge in [-0.3, -0.25) is 0 Å². The molecule has 3 aromatic rings. The van der Waals surface area contributed by atoms with Crippen LogP contribution in [0.15, 0.2) is 66.7 Å². The molecule has 140 valence electrons. The quantitative estimate of drug-likeness (QED) is 0.354. The van der Waals surface area contributed by atoms with Crippen molar-refractivity contribution in [1.29, 1.82) is 0 Å². The molecule has 1 unspecified atom stereocenters. The van der Waals surface area contributed by atoms with Crippen molar-refractivity contribution in [3.8, 4) is 5.75 Å². The second-order valence-electron chi connectivity index (χ2n) is 8.23. The summed E-state index contributed by atoms with van der Waals surface area (Å²) in [4.78, 5) is 0. The molecule has 3 rings (SSSR count). The summed E-state index contributed by atoms with van der Waals surface area (Å²) in [5.41, 5.74) is 7.74. The first kappa shape index (κ1) is 19.6. The predicted molar refractivity (Wildman–Crippen MR) is 119 cm³/mol. The number of rotatable bonds is 4. The monoisotopic (exact) mass is 376 g/mol. The molecule has 0 saturated carbocycles. The number of aryl methyl sites for hydroxylation is 1. The minimum atomic E-state index is 0.0704. The molecule has 0 amide bonds. The Hall–Kier alpha value is -2.11. The fourth-order valence-electron chi connectivity index (χ4n) is 4.02. The molecule has 0 spiro atoms. The summed E-state index contributed by atoms with van der Waals surface area (Å²) in [5.74, 6) is 1.09. The highest BCUT2D eigenvalue weighted by molar-refractivity contribution is 7.10. The van der Waals surface area contributed by atoms with Crippen LogP contribution in [0.2, 0.25) is 0 Å². The van der Waals surface area contributed by atoms with Crippen LogP contribution < -0.4 is 4.52 Å². The van der Waals surface area contributed by atoms with Gasteiger partial charge in [0.05, 0.1) is 9.47 Å². The first-order chi connectivity index (χ1) is 12.8. The highest BCUT2D eigenvalue weighted by Crippen LogP contribution is 2.44. The standard InChI is InChI=1S/C25H29OP/c1-17-16-21(25(3,4)5)18(2)22(24(17)26-27)23(19-12-8-6-9-13-19)20-14-10-7-11-15-20/h6-16,23H,27H2,1-5H3. The van der Waals surface area contributed by atoms with E-state index < -0.39 is 0 Å². The van der Waals surface area contributed by atoms with Crippen molar-refractivity contribution in [2.75, 3.05) is 0 Å². The molecule has 1 atom stereocenters. The molecule has 0 heterocycles. The average molecular weight is 376 g/mol. The van der Waals surface area contributed by atoms with Crippen LogP contribution in [0.1, 0.15) is 60.1 Å². The zero-order chi connectivity index (χ0) is 19.6. The van der Waals surface area contributed by atoms with Gasteiger partial charge in [-0.25, -0.2) is 0 Å². The van der Waals surface area contributed by atoms with Gasteiger partial charge in [0.2, 0.25) is 0 Å². The van der Waals surface area contributed by atoms with E-state index in [-0.39, 0.29) is 11.3 Å². The third-order valence-electron chi connectivity index (χ3n) is 5.25. The van der Waals surface area contributed by atoms with Crippen LogP contribution in [0.5, 0.6) is 5.75 Å². The maximum absolute atomic E-state index is 5.87. The van der Waals surface area contributed by atoms with Gasteiger partial charge in [0, 0.05) is 11.5 Å². The average Bonchev–Trinajstić information content (AvgIpc) is 2.65. The summed E-state index contributed by atoms with van der Waals surface area (Å²) in [6, 6.07) is 23.7. The lowest BCUT2D eigenvalue weighted by Crippen LogP contribution is -2.17. The molecule has 0 radical (unpaired) electrons. The molecule has 3 aromatic carbocycles. The molecule has 0 aromatic heterocycles. The van der Waals surface area contributed by atoms with Crippen LogP contribution in [0.25, 0.3) is 0 Å². The van der Waals surface area contributed by atoms with E-state index in [0.717, 1.165) is 5.75 Å². The number of benzene rings is 3. The van der Waals surface area contributed by atoms with Crippen molar-refractivity contribution in [3.05, 3.63) is 100 Å². The summed E-state index contributed by atoms with van der Waals surface area (Å²) in [6.07, 6.45) is 0. The summed E-state index contributed by atoms with van der Waals surface area (Å²) in [6.45, 7) is 11.2. The largest absolute Gasteiger partial charge is 0.480 e. The maximum atomic E-state index is 5.87. The normalized spacial score (nSPS) is 11.7. The minimum Gasteiger partial charge on any atom is -0.480 e. The van der Waals surface area contributed by atoms with Crippen LogP contribution in [0.3, 0.4) is 0 Å². The van der Waals surface area contributed by atoms with Gasteiger partial charge >= 0.3 is 0 Å². The Balaban J connectivity index is 2.37. The van der Waals surface area contributed by atoms with E-state index in [1.54, 1.807) is 0 Å². The van der Waals surface area contributed by atoms with Gasteiger partial charge in [0.1, 0.15) is 5.75 Å². The molecule has 2 heteroatoms. The van der Waals surface area contributed by atoms with Crippen molar-refractivity contribution >= 4 is 9.47 Å². The topological polar surface area (TPSA) is 9.23 Å². The molecule has 1 nitrogen and oxygen atoms in total. The number of hydrogen-bond acceptors (Lipinski definition) is 1. The summed E-state index contributed by atoms with van der Waals surface area (Å²) >= 11 is 0. The molecule has 0 saturated heterocycles. The minimum absolute atomic E-state index is 0.0704. The second kappa shape index (κ2) is 7.87. The van der Waals surface area contributed by atoms with Crippen LogP contribution in [-0.2, 0) is 5.41 Å². The lowest BCUT2D eigenvalue weighted by atomic mass is 9.75. The first-order valence-electron chi connectivity index (χ1n) is 9.45. The molecule has 0 aliphatic carbocycles. The lowest BCUT2D eigenvalue weighted by Gasteiger charge is -2.30. The molecule has 0 aliphatic heterocycles. The van der Waals surface area contributed by atoms with E-state index in [1.807, 2.05) is 0 Å². The summed E-state index contributed by atoms with van der Waals surface area (Å²) < 4.78 is 5.87. The van der Waals surface area contributed by atoms with Crippen molar-refractivity contribution in [2.45, 2.75) is 46.0 Å². The Morgan fingerprint density at radius 1 is 0.815 bits per heavy atom. The molecule has 0 aliphatic rings. The summed E-state index contributed by atoms with van der Waals surface area (Å²) in [5, 5.41) is 0. The third kappa shape index (κ3) is 3.94. The molecular weight excluding hydrogens is 347 g/mol. The Morgan fingerprint density at radius 2 is 1.30 bits per heavy atom. The Morgan fingerprint density at radius 3 is 1.70 bits per heavy atom. The van der Waals surface area contributed by atoms with Gasteiger partial charge in [-0.2, -0.15) is 0 Å². The van der Waals surface area contributed by atoms with Crippen LogP contribution in [-0.4, -0.2) is 0 Å². The van der Waals surface area contributed by atoms with Gasteiger partial charge < -0.3 is 4.52 Å². The summed E-state index contributed by atoms with van der Waals surface area (Å²) in [7, 11) is 2.45. The Kier molecular flexibility index (Phi) is 5.72. The Bertz CT molecular complexity index is 869. The fraction of sp³-hybridized carbons (Fsp3) is 0.280. The van der Waals surface area contributed by atoms with Crippen molar-refractivity contribution in [3.63, 3.8) is 0 Å². The molecular formula is C25H29OP. The van der Waals surface area contributed by atoms with Crippen LogP contribution >= 0.6 is 9.47 Å². The van der Waals surface area contributed by atoms with Gasteiger partial charge in [-0.05, 0) is 47.1 Å². The van der Waals surface area contributed by atoms with E-state index >= 15 is 0 Å². The lowest BCUT2D eigenvalue weighted by molar-refractivity contribution is 0.575. The van der Waals surface area contributed by atoms with Crippen molar-refractivity contribution in [2.24, 2.45) is 0 Å². The fourth-order valence-corrected chi connectivity index (χ4v) is 4.33. The van der Waals surface area contributed by atoms with Gasteiger partial charge in [-0.1, -0.05) is 87.5 Å². The highest BCUT2D eigenvalue weighted by atomic mass is 31.0. The van der Waals surface area contributed by atoms with E-state index in [4.69, 9.17) is 4.52 Å². The smallest absolute Gasteiger partial charge is 0.129 e. The third-order valence-corrected chi connectivity index (χ3v) is 5.49. The van der Waals surface area contributed by atoms with E-state index in [0.29, 0.717) is 0 Å². The van der Waals surface area contributed by atoms with E-state index in [2.05, 4.69) is 111 Å². The molecule has 0 bridgehead atoms. The van der Waals surface area contributed by atoms with E-state index in [9.17, 15) is 0 Å². The van der Waals surface area contributed by atoms with Gasteiger partial charge in [-0.15, -0.1) is 0 Å². The Labute approximate surface area is 166 Å². The van der Waals surface area contributed by atoms with E-state index in [1.165, 1.54) is 33.4 Å². The van der Waals surface area contributed by atoms with Crippen molar-refractivity contribution in [1.82, 2.24) is 0 Å². The zero-order valence-electron chi connectivity index (χ0n) is 16.9. The zero-order valence-corrected chi connectivity index (χ0v) is 18.1. The van der Waals surface area contributed by atoms with Crippen LogP contribution in [0, 0.1) is 13.8 Å². The van der Waals surface area contributed by atoms with Crippen LogP contribution in [0.4, 0.5) is 0 Å². The second-order valence-corrected chi connectivity index (χ2v) is 8.47. The molecule has 27 heavy (non-hydrogen) atoms. The van der Waals surface area contributed by atoms with Gasteiger partial charge in [0.25, 0.3) is 0 Å². The highest BCUT2D eigenvalue weighted by Gasteiger charge is 2.28. The SMILES string of the molecule is Cc1cc(C(C)(C)C)c(C)c(C(c2ccccc2)c2ccccc2)c1OP. The number of hydrogen-bond donors (Lipinski definition) is 0. The predicted octanol–water partition coefficient (Wildman–Crippen LogP) is 6.95. The van der Waals surface area contributed by atoms with Gasteiger partial charge in [0.15, 0.2) is 0 Å². The van der Waals surface area contributed by atoms with Crippen molar-refractivity contribution < 1.29 is 4.52 Å².